The van der Waals surface area contributed by atoms with Crippen molar-refractivity contribution in [2.75, 3.05) is 5.32 Å². The van der Waals surface area contributed by atoms with Gasteiger partial charge in [0, 0.05) is 12.1 Å². The van der Waals surface area contributed by atoms with E-state index >= 15 is 0 Å². The predicted molar refractivity (Wildman–Crippen MR) is 104 cm³/mol. The molecule has 0 aliphatic carbocycles. The van der Waals surface area contributed by atoms with Crippen LogP contribution in [0.1, 0.15) is 11.4 Å². The van der Waals surface area contributed by atoms with Crippen molar-refractivity contribution < 1.29 is 13.0 Å². The number of hydrogen-bond donors (Lipinski definition) is 2. The molecule has 9 nitrogen and oxygen atoms in total. The van der Waals surface area contributed by atoms with Crippen LogP contribution >= 0.6 is 23.4 Å². The van der Waals surface area contributed by atoms with Crippen LogP contribution in [-0.4, -0.2) is 27.9 Å². The SMILES string of the molecule is O=S(=O)(O)c1ccc(Nc2nc(Cl)nc(Cc3ccccc3)n2)cc1N=NCl. The third-order valence-corrected chi connectivity index (χ3v) is 4.64. The molecule has 0 fully saturated rings. The quantitative estimate of drug-likeness (QED) is 0.432. The molecule has 2 aromatic carbocycles. The van der Waals surface area contributed by atoms with E-state index in [1.807, 2.05) is 30.3 Å². The monoisotopic (exact) mass is 438 g/mol. The fourth-order valence-corrected chi connectivity index (χ4v) is 3.23. The lowest BCUT2D eigenvalue weighted by Gasteiger charge is -2.09. The molecule has 0 bridgehead atoms. The van der Waals surface area contributed by atoms with Crippen LogP contribution in [0.25, 0.3) is 0 Å². The van der Waals surface area contributed by atoms with Crippen molar-refractivity contribution in [3.63, 3.8) is 0 Å². The van der Waals surface area contributed by atoms with E-state index in [1.54, 1.807) is 0 Å². The third-order valence-electron chi connectivity index (χ3n) is 3.50. The van der Waals surface area contributed by atoms with Gasteiger partial charge in [0.05, 0.1) is 11.8 Å². The molecule has 3 aromatic rings. The molecule has 0 amide bonds. The number of hydrogen-bond acceptors (Lipinski definition) is 8. The van der Waals surface area contributed by atoms with Crippen molar-refractivity contribution in [3.05, 3.63) is 65.2 Å². The van der Waals surface area contributed by atoms with E-state index in [0.717, 1.165) is 11.6 Å². The Morgan fingerprint density at radius 1 is 1.07 bits per heavy atom. The van der Waals surface area contributed by atoms with Gasteiger partial charge in [0.1, 0.15) is 16.4 Å². The van der Waals surface area contributed by atoms with Gasteiger partial charge in [-0.05, 0) is 35.4 Å². The largest absolute Gasteiger partial charge is 0.324 e. The van der Waals surface area contributed by atoms with Crippen molar-refractivity contribution in [2.24, 2.45) is 9.75 Å². The second-order valence-corrected chi connectivity index (χ2v) is 7.34. The molecule has 3 rings (SSSR count). The lowest BCUT2D eigenvalue weighted by Crippen LogP contribution is -2.05. The van der Waals surface area contributed by atoms with Gasteiger partial charge in [-0.1, -0.05) is 35.0 Å². The number of anilines is 2. The highest BCUT2D eigenvalue weighted by atomic mass is 35.5. The minimum Gasteiger partial charge on any atom is -0.324 e. The average Bonchev–Trinajstić information content (AvgIpc) is 2.61. The summed E-state index contributed by atoms with van der Waals surface area (Å²) in [7, 11) is -4.50. The van der Waals surface area contributed by atoms with Gasteiger partial charge in [0.15, 0.2) is 0 Å². The number of aromatic nitrogens is 3. The average molecular weight is 439 g/mol. The zero-order valence-electron chi connectivity index (χ0n) is 14.0. The maximum absolute atomic E-state index is 11.4. The molecule has 144 valence electrons. The smallest absolute Gasteiger partial charge is 0.296 e. The second-order valence-electron chi connectivity index (χ2n) is 5.46. The molecule has 12 heteroatoms. The summed E-state index contributed by atoms with van der Waals surface area (Å²) in [5.74, 6) is 0.600. The summed E-state index contributed by atoms with van der Waals surface area (Å²) >= 11 is 11.2. The molecule has 0 spiro atoms. The summed E-state index contributed by atoms with van der Waals surface area (Å²) in [4.78, 5) is 12.0. The topological polar surface area (TPSA) is 130 Å². The summed E-state index contributed by atoms with van der Waals surface area (Å²) in [6, 6.07) is 13.4. The highest BCUT2D eigenvalue weighted by Gasteiger charge is 2.17. The van der Waals surface area contributed by atoms with Gasteiger partial charge in [-0.2, -0.15) is 18.4 Å². The van der Waals surface area contributed by atoms with E-state index in [4.69, 9.17) is 23.4 Å². The van der Waals surface area contributed by atoms with Gasteiger partial charge in [0.25, 0.3) is 10.1 Å². The molecule has 2 N–H and O–H groups in total. The number of rotatable bonds is 6. The first kappa shape index (κ1) is 20.1. The Balaban J connectivity index is 1.90. The van der Waals surface area contributed by atoms with Crippen molar-refractivity contribution in [2.45, 2.75) is 11.3 Å². The van der Waals surface area contributed by atoms with Crippen LogP contribution in [-0.2, 0) is 16.5 Å². The lowest BCUT2D eigenvalue weighted by molar-refractivity contribution is 0.483. The molecule has 0 unspecified atom stereocenters. The highest BCUT2D eigenvalue weighted by Crippen LogP contribution is 2.29. The molecule has 0 aliphatic rings. The highest BCUT2D eigenvalue weighted by molar-refractivity contribution is 7.86. The fraction of sp³-hybridized carbons (Fsp3) is 0.0625. The van der Waals surface area contributed by atoms with E-state index < -0.39 is 15.0 Å². The Morgan fingerprint density at radius 2 is 1.82 bits per heavy atom. The van der Waals surface area contributed by atoms with E-state index in [1.165, 1.54) is 12.1 Å². The summed E-state index contributed by atoms with van der Waals surface area (Å²) < 4.78 is 35.1. The normalized spacial score (nSPS) is 11.7. The van der Waals surface area contributed by atoms with E-state index in [2.05, 4.69) is 30.0 Å². The molecule has 0 radical (unpaired) electrons. The summed E-state index contributed by atoms with van der Waals surface area (Å²) in [6.07, 6.45) is 0.450. The zero-order valence-corrected chi connectivity index (χ0v) is 16.3. The van der Waals surface area contributed by atoms with Crippen molar-refractivity contribution in [3.8, 4) is 0 Å². The van der Waals surface area contributed by atoms with Crippen LogP contribution in [0.15, 0.2) is 63.2 Å². The maximum atomic E-state index is 11.4. The van der Waals surface area contributed by atoms with E-state index in [-0.39, 0.29) is 16.9 Å². The zero-order chi connectivity index (χ0) is 20.1. The van der Waals surface area contributed by atoms with Gasteiger partial charge < -0.3 is 5.32 Å². The Bertz CT molecular complexity index is 1130. The van der Waals surface area contributed by atoms with Gasteiger partial charge in [-0.3, -0.25) is 4.55 Å². The van der Waals surface area contributed by atoms with Crippen LogP contribution in [0.2, 0.25) is 5.28 Å². The van der Waals surface area contributed by atoms with Gasteiger partial charge in [-0.25, -0.2) is 4.98 Å². The summed E-state index contributed by atoms with van der Waals surface area (Å²) in [6.45, 7) is 0. The molecule has 0 saturated carbocycles. The standard InChI is InChI=1S/C16H12Cl2N6O3S/c17-15-20-14(8-10-4-2-1-3-5-10)21-16(22-15)19-11-6-7-13(28(25,26)27)12(9-11)23-24-18/h1-7,9H,8H2,(H,25,26,27)(H,19,20,21,22). The fourth-order valence-electron chi connectivity index (χ4n) is 2.37. The molecule has 0 aliphatic heterocycles. The molecule has 28 heavy (non-hydrogen) atoms. The number of halogens is 2. The number of nitrogens with zero attached hydrogens (tertiary/aromatic N) is 5. The van der Waals surface area contributed by atoms with Gasteiger partial charge in [-0.15, -0.1) is 5.11 Å². The van der Waals surface area contributed by atoms with Crippen LogP contribution in [0.5, 0.6) is 0 Å². The lowest BCUT2D eigenvalue weighted by atomic mass is 10.1. The Kier molecular flexibility index (Phi) is 6.15. The molecule has 1 heterocycles. The number of nitrogens with one attached hydrogen (secondary N) is 1. The van der Waals surface area contributed by atoms with Gasteiger partial charge >= 0.3 is 0 Å². The minimum atomic E-state index is -4.50. The molecule has 1 aromatic heterocycles. The van der Waals surface area contributed by atoms with Crippen LogP contribution < -0.4 is 5.32 Å². The van der Waals surface area contributed by atoms with E-state index in [9.17, 15) is 13.0 Å². The second kappa shape index (κ2) is 8.57. The first-order valence-electron chi connectivity index (χ1n) is 7.70. The summed E-state index contributed by atoms with van der Waals surface area (Å²) in [5, 5.41) is 6.38. The van der Waals surface area contributed by atoms with Crippen molar-refractivity contribution >= 4 is 50.8 Å². The van der Waals surface area contributed by atoms with Crippen LogP contribution in [0, 0.1) is 0 Å². The predicted octanol–water partition coefficient (Wildman–Crippen LogP) is 4.34. The van der Waals surface area contributed by atoms with Crippen molar-refractivity contribution in [1.29, 1.82) is 0 Å². The summed E-state index contributed by atoms with van der Waals surface area (Å²) in [5.41, 5.74) is 1.21. The Morgan fingerprint density at radius 3 is 2.50 bits per heavy atom. The van der Waals surface area contributed by atoms with E-state index in [0.29, 0.717) is 17.9 Å². The molecule has 0 saturated heterocycles. The van der Waals surface area contributed by atoms with Crippen LogP contribution in [0.4, 0.5) is 17.3 Å². The third kappa shape index (κ3) is 5.20. The minimum absolute atomic E-state index is 0.00124. The maximum Gasteiger partial charge on any atom is 0.296 e. The van der Waals surface area contributed by atoms with Crippen LogP contribution in [0.3, 0.4) is 0 Å². The van der Waals surface area contributed by atoms with Gasteiger partial charge in [0.2, 0.25) is 11.2 Å². The molecular formula is C16H12Cl2N6O3S. The molecular weight excluding hydrogens is 427 g/mol. The first-order valence-corrected chi connectivity index (χ1v) is 9.86. The number of benzene rings is 2. The van der Waals surface area contributed by atoms with Crippen molar-refractivity contribution in [1.82, 2.24) is 15.0 Å². The first-order chi connectivity index (χ1) is 13.3. The Hall–Kier alpha value is -2.66. The Labute approximate surface area is 170 Å². The molecule has 0 atom stereocenters.